The average molecular weight is 439 g/mol. The molecule has 0 saturated carbocycles. The molecular formula is C19H16Cl2N2O6. The van der Waals surface area contributed by atoms with Gasteiger partial charge in [0.15, 0.2) is 17.6 Å². The highest BCUT2D eigenvalue weighted by atomic mass is 35.5. The first-order chi connectivity index (χ1) is 13.8. The van der Waals surface area contributed by atoms with Crippen LogP contribution in [0.2, 0.25) is 10.0 Å². The van der Waals surface area contributed by atoms with Crippen molar-refractivity contribution >= 4 is 46.7 Å². The van der Waals surface area contributed by atoms with E-state index in [1.165, 1.54) is 25.1 Å². The van der Waals surface area contributed by atoms with E-state index in [-0.39, 0.29) is 17.4 Å². The number of amides is 2. The number of hydrogen-bond acceptors (Lipinski definition) is 6. The van der Waals surface area contributed by atoms with Gasteiger partial charge in [-0.3, -0.25) is 14.4 Å². The molecule has 8 nitrogen and oxygen atoms in total. The molecule has 0 fully saturated rings. The number of benzene rings is 2. The molecule has 29 heavy (non-hydrogen) atoms. The minimum absolute atomic E-state index is 0.119. The van der Waals surface area contributed by atoms with Crippen molar-refractivity contribution in [1.29, 1.82) is 0 Å². The summed E-state index contributed by atoms with van der Waals surface area (Å²) in [6.07, 6.45) is -1.08. The van der Waals surface area contributed by atoms with Gasteiger partial charge in [0.1, 0.15) is 6.54 Å². The summed E-state index contributed by atoms with van der Waals surface area (Å²) in [6, 6.07) is 9.25. The second kappa shape index (κ2) is 9.02. The fraction of sp³-hybridized carbons (Fsp3) is 0.211. The highest BCUT2D eigenvalue weighted by Gasteiger charge is 2.20. The maximum Gasteiger partial charge on any atom is 0.326 e. The number of nitrogens with one attached hydrogen (secondary N) is 2. The van der Waals surface area contributed by atoms with E-state index in [4.69, 9.17) is 37.4 Å². The maximum absolute atomic E-state index is 12.2. The molecule has 10 heteroatoms. The zero-order valence-corrected chi connectivity index (χ0v) is 16.7. The third-order valence-electron chi connectivity index (χ3n) is 3.89. The van der Waals surface area contributed by atoms with E-state index in [1.54, 1.807) is 18.2 Å². The summed E-state index contributed by atoms with van der Waals surface area (Å²) in [5.41, 5.74) is 0.630. The Morgan fingerprint density at radius 2 is 1.86 bits per heavy atom. The lowest BCUT2D eigenvalue weighted by molar-refractivity contribution is -0.152. The van der Waals surface area contributed by atoms with Crippen molar-refractivity contribution in [3.05, 3.63) is 52.0 Å². The van der Waals surface area contributed by atoms with Gasteiger partial charge in [-0.2, -0.15) is 0 Å². The third kappa shape index (κ3) is 5.30. The minimum Gasteiger partial charge on any atom is -0.454 e. The van der Waals surface area contributed by atoms with Crippen molar-refractivity contribution in [3.63, 3.8) is 0 Å². The molecule has 1 aliphatic rings. The van der Waals surface area contributed by atoms with Crippen LogP contribution in [0.25, 0.3) is 0 Å². The molecule has 2 aromatic rings. The number of rotatable bonds is 6. The van der Waals surface area contributed by atoms with E-state index in [9.17, 15) is 14.4 Å². The number of anilines is 1. The molecule has 1 heterocycles. The monoisotopic (exact) mass is 438 g/mol. The van der Waals surface area contributed by atoms with Crippen LogP contribution in [0.4, 0.5) is 5.69 Å². The van der Waals surface area contributed by atoms with Gasteiger partial charge < -0.3 is 24.8 Å². The summed E-state index contributed by atoms with van der Waals surface area (Å²) in [5.74, 6) is -0.794. The molecule has 0 unspecified atom stereocenters. The van der Waals surface area contributed by atoms with Crippen molar-refractivity contribution in [1.82, 2.24) is 5.32 Å². The normalized spacial score (nSPS) is 12.8. The van der Waals surface area contributed by atoms with Crippen LogP contribution in [-0.4, -0.2) is 37.2 Å². The third-order valence-corrected chi connectivity index (χ3v) is 4.43. The Kier molecular flexibility index (Phi) is 6.46. The van der Waals surface area contributed by atoms with Gasteiger partial charge in [-0.25, -0.2) is 0 Å². The molecule has 0 saturated heterocycles. The van der Waals surface area contributed by atoms with Gasteiger partial charge in [0.05, 0.1) is 10.6 Å². The van der Waals surface area contributed by atoms with E-state index in [0.29, 0.717) is 22.2 Å². The Labute approximate surface area is 176 Å². The maximum atomic E-state index is 12.2. The minimum atomic E-state index is -1.08. The summed E-state index contributed by atoms with van der Waals surface area (Å²) in [6.45, 7) is 1.10. The topological polar surface area (TPSA) is 103 Å². The van der Waals surface area contributed by atoms with E-state index < -0.39 is 30.4 Å². The van der Waals surface area contributed by atoms with E-state index in [2.05, 4.69) is 10.6 Å². The predicted molar refractivity (Wildman–Crippen MR) is 106 cm³/mol. The average Bonchev–Trinajstić information content (AvgIpc) is 3.14. The molecule has 2 aromatic carbocycles. The van der Waals surface area contributed by atoms with E-state index in [0.717, 1.165) is 0 Å². The number of carbonyl (C=O) groups excluding carboxylic acids is 3. The summed E-state index contributed by atoms with van der Waals surface area (Å²) >= 11 is 11.7. The Morgan fingerprint density at radius 1 is 1.10 bits per heavy atom. The number of halogens is 2. The van der Waals surface area contributed by atoms with Gasteiger partial charge in [-0.05, 0) is 37.3 Å². The van der Waals surface area contributed by atoms with Crippen LogP contribution < -0.4 is 20.1 Å². The summed E-state index contributed by atoms with van der Waals surface area (Å²) in [4.78, 5) is 36.2. The highest BCUT2D eigenvalue weighted by molar-refractivity contribution is 6.36. The molecule has 0 spiro atoms. The second-order valence-electron chi connectivity index (χ2n) is 6.00. The van der Waals surface area contributed by atoms with Crippen molar-refractivity contribution in [2.24, 2.45) is 0 Å². The fourth-order valence-corrected chi connectivity index (χ4v) is 2.93. The molecule has 0 aliphatic carbocycles. The molecule has 1 atom stereocenters. The Bertz CT molecular complexity index is 966. The Hall–Kier alpha value is -2.97. The van der Waals surface area contributed by atoms with Crippen molar-refractivity contribution in [2.75, 3.05) is 18.7 Å². The fourth-order valence-electron chi connectivity index (χ4n) is 2.43. The molecule has 2 N–H and O–H groups in total. The molecule has 152 valence electrons. The molecule has 0 bridgehead atoms. The van der Waals surface area contributed by atoms with Crippen LogP contribution >= 0.6 is 23.2 Å². The summed E-state index contributed by atoms with van der Waals surface area (Å²) in [7, 11) is 0. The second-order valence-corrected chi connectivity index (χ2v) is 6.84. The zero-order chi connectivity index (χ0) is 21.0. The number of ether oxygens (including phenoxy) is 3. The Balaban J connectivity index is 1.48. The molecule has 3 rings (SSSR count). The van der Waals surface area contributed by atoms with Crippen LogP contribution in [0, 0.1) is 0 Å². The first-order valence-electron chi connectivity index (χ1n) is 8.46. The molecule has 2 amide bonds. The lowest BCUT2D eigenvalue weighted by Crippen LogP contribution is -2.35. The van der Waals surface area contributed by atoms with E-state index in [1.807, 2.05) is 0 Å². The molecular weight excluding hydrogens is 423 g/mol. The highest BCUT2D eigenvalue weighted by Crippen LogP contribution is 2.34. The van der Waals surface area contributed by atoms with Crippen LogP contribution in [0.1, 0.15) is 17.3 Å². The summed E-state index contributed by atoms with van der Waals surface area (Å²) in [5, 5.41) is 5.52. The molecule has 0 radical (unpaired) electrons. The molecule has 0 aromatic heterocycles. The van der Waals surface area contributed by atoms with Gasteiger partial charge in [-0.1, -0.05) is 23.2 Å². The first kappa shape index (κ1) is 20.8. The number of carbonyl (C=O) groups is 3. The number of fused-ring (bicyclic) bond motifs is 1. The molecule has 1 aliphatic heterocycles. The van der Waals surface area contributed by atoms with Gasteiger partial charge in [0, 0.05) is 16.8 Å². The van der Waals surface area contributed by atoms with Crippen LogP contribution in [-0.2, 0) is 14.3 Å². The zero-order valence-electron chi connectivity index (χ0n) is 15.2. The largest absolute Gasteiger partial charge is 0.454 e. The SMILES string of the molecule is C[C@H](OC(=O)CNC(=O)c1ccc(Cl)cc1Cl)C(=O)Nc1ccc2c(c1)OCO2. The van der Waals surface area contributed by atoms with Gasteiger partial charge in [0.25, 0.3) is 11.8 Å². The van der Waals surface area contributed by atoms with Crippen LogP contribution in [0.15, 0.2) is 36.4 Å². The number of esters is 1. The Morgan fingerprint density at radius 3 is 2.62 bits per heavy atom. The number of hydrogen-bond donors (Lipinski definition) is 2. The lowest BCUT2D eigenvalue weighted by Gasteiger charge is -2.14. The van der Waals surface area contributed by atoms with Crippen molar-refractivity contribution in [2.45, 2.75) is 13.0 Å². The van der Waals surface area contributed by atoms with Gasteiger partial charge in [0.2, 0.25) is 6.79 Å². The van der Waals surface area contributed by atoms with Crippen molar-refractivity contribution in [3.8, 4) is 11.5 Å². The van der Waals surface area contributed by atoms with Crippen LogP contribution in [0.3, 0.4) is 0 Å². The van der Waals surface area contributed by atoms with Crippen LogP contribution in [0.5, 0.6) is 11.5 Å². The summed E-state index contributed by atoms with van der Waals surface area (Å²) < 4.78 is 15.5. The smallest absolute Gasteiger partial charge is 0.326 e. The van der Waals surface area contributed by atoms with E-state index >= 15 is 0 Å². The lowest BCUT2D eigenvalue weighted by atomic mass is 10.2. The quantitative estimate of drug-likeness (QED) is 0.671. The first-order valence-corrected chi connectivity index (χ1v) is 9.22. The van der Waals surface area contributed by atoms with Crippen molar-refractivity contribution < 1.29 is 28.6 Å². The predicted octanol–water partition coefficient (Wildman–Crippen LogP) is 3.02. The standard InChI is InChI=1S/C19H16Cl2N2O6/c1-10(18(25)23-12-3-5-15-16(7-12)28-9-27-15)29-17(24)8-22-19(26)13-4-2-11(20)6-14(13)21/h2-7,10H,8-9H2,1H3,(H,22,26)(H,23,25)/t10-/m0/s1. The van der Waals surface area contributed by atoms with Gasteiger partial charge >= 0.3 is 5.97 Å². The van der Waals surface area contributed by atoms with Gasteiger partial charge in [-0.15, -0.1) is 0 Å².